The van der Waals surface area contributed by atoms with E-state index in [2.05, 4.69) is 10.3 Å². The predicted molar refractivity (Wildman–Crippen MR) is 71.5 cm³/mol. The zero-order valence-electron chi connectivity index (χ0n) is 11.1. The Morgan fingerprint density at radius 1 is 1.56 bits per heavy atom. The molecule has 3 N–H and O–H groups in total. The van der Waals surface area contributed by atoms with Gasteiger partial charge in [0.05, 0.1) is 6.61 Å². The summed E-state index contributed by atoms with van der Waals surface area (Å²) < 4.78 is 5.33. The summed E-state index contributed by atoms with van der Waals surface area (Å²) in [5.41, 5.74) is 6.44. The average Bonchev–Trinajstić information content (AvgIpc) is 2.31. The molecule has 1 heterocycles. The van der Waals surface area contributed by atoms with Crippen LogP contribution in [0.15, 0.2) is 18.3 Å². The number of rotatable bonds is 6. The lowest BCUT2D eigenvalue weighted by Crippen LogP contribution is -2.31. The molecule has 0 bridgehead atoms. The minimum Gasteiger partial charge on any atom is -0.476 e. The molecule has 18 heavy (non-hydrogen) atoms. The lowest BCUT2D eigenvalue weighted by molar-refractivity contribution is -0.116. The summed E-state index contributed by atoms with van der Waals surface area (Å²) in [5, 5.41) is 2.77. The van der Waals surface area contributed by atoms with Crippen LogP contribution in [-0.2, 0) is 4.79 Å². The number of carbonyl (C=O) groups is 1. The zero-order valence-corrected chi connectivity index (χ0v) is 11.1. The van der Waals surface area contributed by atoms with Crippen LogP contribution in [0.5, 0.6) is 5.88 Å². The largest absolute Gasteiger partial charge is 0.476 e. The molecule has 5 nitrogen and oxygen atoms in total. The third-order valence-corrected chi connectivity index (χ3v) is 2.60. The number of hydrogen-bond acceptors (Lipinski definition) is 4. The van der Waals surface area contributed by atoms with Gasteiger partial charge >= 0.3 is 0 Å². The molecule has 0 aliphatic rings. The third kappa shape index (κ3) is 4.33. The third-order valence-electron chi connectivity index (χ3n) is 2.60. The molecule has 1 atom stereocenters. The molecule has 0 saturated heterocycles. The monoisotopic (exact) mass is 251 g/mol. The number of nitrogens with two attached hydrogens (primary N) is 1. The number of hydrogen-bond donors (Lipinski definition) is 2. The minimum absolute atomic E-state index is 0.120. The van der Waals surface area contributed by atoms with Crippen LogP contribution in [0.25, 0.3) is 0 Å². The van der Waals surface area contributed by atoms with Crippen molar-refractivity contribution in [2.24, 2.45) is 11.7 Å². The van der Waals surface area contributed by atoms with E-state index in [1.54, 1.807) is 18.3 Å². The van der Waals surface area contributed by atoms with Gasteiger partial charge in [0.15, 0.2) is 0 Å². The number of aromatic nitrogens is 1. The Balaban J connectivity index is 2.64. The van der Waals surface area contributed by atoms with E-state index in [0.717, 1.165) is 0 Å². The average molecular weight is 251 g/mol. The fourth-order valence-corrected chi connectivity index (χ4v) is 1.39. The molecule has 5 heteroatoms. The number of nitrogens with zero attached hydrogens (tertiary/aromatic N) is 1. The number of amides is 1. The second-order valence-corrected chi connectivity index (χ2v) is 4.45. The molecule has 0 aromatic carbocycles. The van der Waals surface area contributed by atoms with Crippen molar-refractivity contribution in [3.8, 4) is 5.88 Å². The van der Waals surface area contributed by atoms with E-state index in [1.165, 1.54) is 0 Å². The predicted octanol–water partition coefficient (Wildman–Crippen LogP) is 1.79. The minimum atomic E-state index is -0.141. The number of nitrogens with one attached hydrogen (secondary N) is 1. The molecule has 0 aliphatic heterocycles. The topological polar surface area (TPSA) is 77.2 Å². The van der Waals surface area contributed by atoms with Gasteiger partial charge in [-0.05, 0) is 25.0 Å². The number of pyridine rings is 1. The van der Waals surface area contributed by atoms with Gasteiger partial charge in [0.25, 0.3) is 0 Å². The van der Waals surface area contributed by atoms with E-state index >= 15 is 0 Å². The molecule has 1 amide bonds. The molecular weight excluding hydrogens is 230 g/mol. The van der Waals surface area contributed by atoms with Crippen molar-refractivity contribution in [1.29, 1.82) is 0 Å². The summed E-state index contributed by atoms with van der Waals surface area (Å²) in [6.07, 6.45) is 1.92. The van der Waals surface area contributed by atoms with Crippen LogP contribution in [0, 0.1) is 5.92 Å². The summed E-state index contributed by atoms with van der Waals surface area (Å²) in [6, 6.07) is 3.37. The normalized spacial score (nSPS) is 12.3. The Morgan fingerprint density at radius 2 is 2.28 bits per heavy atom. The Bertz CT molecular complexity index is 394. The van der Waals surface area contributed by atoms with Crippen molar-refractivity contribution in [3.63, 3.8) is 0 Å². The fourth-order valence-electron chi connectivity index (χ4n) is 1.39. The Kier molecular flexibility index (Phi) is 5.58. The summed E-state index contributed by atoms with van der Waals surface area (Å²) in [5.74, 6) is 0.590. The molecule has 0 radical (unpaired) electrons. The molecule has 100 valence electrons. The van der Waals surface area contributed by atoms with Gasteiger partial charge in [0.1, 0.15) is 5.69 Å². The molecular formula is C13H21N3O2. The lowest BCUT2D eigenvalue weighted by Gasteiger charge is -2.15. The van der Waals surface area contributed by atoms with Crippen molar-refractivity contribution in [2.45, 2.75) is 33.2 Å². The maximum Gasteiger partial charge on any atom is 0.237 e. The molecule has 1 unspecified atom stereocenters. The van der Waals surface area contributed by atoms with Crippen LogP contribution in [-0.4, -0.2) is 23.5 Å². The maximum atomic E-state index is 11.8. The SMILES string of the molecule is CCOc1ncccc1NC(=O)CC(N)C(C)C. The van der Waals surface area contributed by atoms with Crippen molar-refractivity contribution in [2.75, 3.05) is 11.9 Å². The summed E-state index contributed by atoms with van der Waals surface area (Å²) >= 11 is 0. The van der Waals surface area contributed by atoms with Gasteiger partial charge in [0.2, 0.25) is 11.8 Å². The number of ether oxygens (including phenoxy) is 1. The molecule has 0 fully saturated rings. The summed E-state index contributed by atoms with van der Waals surface area (Å²) in [7, 11) is 0. The van der Waals surface area contributed by atoms with E-state index in [1.807, 2.05) is 20.8 Å². The van der Waals surface area contributed by atoms with E-state index < -0.39 is 0 Å². The van der Waals surface area contributed by atoms with Crippen molar-refractivity contribution < 1.29 is 9.53 Å². The van der Waals surface area contributed by atoms with Crippen LogP contribution in [0.3, 0.4) is 0 Å². The first-order valence-corrected chi connectivity index (χ1v) is 6.17. The smallest absolute Gasteiger partial charge is 0.237 e. The van der Waals surface area contributed by atoms with Gasteiger partial charge in [-0.1, -0.05) is 13.8 Å². The number of anilines is 1. The standard InChI is InChI=1S/C13H21N3O2/c1-4-18-13-11(6-5-7-15-13)16-12(17)8-10(14)9(2)3/h5-7,9-10H,4,8,14H2,1-3H3,(H,16,17). The van der Waals surface area contributed by atoms with Gasteiger partial charge in [-0.2, -0.15) is 0 Å². The van der Waals surface area contributed by atoms with Gasteiger partial charge in [-0.15, -0.1) is 0 Å². The van der Waals surface area contributed by atoms with E-state index in [0.29, 0.717) is 18.2 Å². The molecule has 0 saturated carbocycles. The Morgan fingerprint density at radius 3 is 2.89 bits per heavy atom. The fraction of sp³-hybridized carbons (Fsp3) is 0.538. The van der Waals surface area contributed by atoms with Crippen molar-refractivity contribution in [1.82, 2.24) is 4.98 Å². The maximum absolute atomic E-state index is 11.8. The van der Waals surface area contributed by atoms with Crippen LogP contribution >= 0.6 is 0 Å². The Labute approximate surface area is 108 Å². The van der Waals surface area contributed by atoms with Crippen molar-refractivity contribution >= 4 is 11.6 Å². The molecule has 0 spiro atoms. The second kappa shape index (κ2) is 6.96. The van der Waals surface area contributed by atoms with Gasteiger partial charge in [-0.25, -0.2) is 4.98 Å². The van der Waals surface area contributed by atoms with E-state index in [4.69, 9.17) is 10.5 Å². The highest BCUT2D eigenvalue weighted by atomic mass is 16.5. The quantitative estimate of drug-likeness (QED) is 0.808. The first-order chi connectivity index (χ1) is 8.54. The van der Waals surface area contributed by atoms with Gasteiger partial charge in [-0.3, -0.25) is 4.79 Å². The molecule has 1 rings (SSSR count). The highest BCUT2D eigenvalue weighted by Crippen LogP contribution is 2.20. The highest BCUT2D eigenvalue weighted by molar-refractivity contribution is 5.92. The van der Waals surface area contributed by atoms with E-state index in [9.17, 15) is 4.79 Å². The molecule has 1 aromatic rings. The lowest BCUT2D eigenvalue weighted by atomic mass is 10.0. The number of carbonyl (C=O) groups excluding carboxylic acids is 1. The van der Waals surface area contributed by atoms with Crippen LogP contribution in [0.2, 0.25) is 0 Å². The van der Waals surface area contributed by atoms with Crippen LogP contribution in [0.1, 0.15) is 27.2 Å². The first-order valence-electron chi connectivity index (χ1n) is 6.17. The zero-order chi connectivity index (χ0) is 13.5. The second-order valence-electron chi connectivity index (χ2n) is 4.45. The Hall–Kier alpha value is -1.62. The van der Waals surface area contributed by atoms with Crippen LogP contribution in [0.4, 0.5) is 5.69 Å². The van der Waals surface area contributed by atoms with E-state index in [-0.39, 0.29) is 24.3 Å². The van der Waals surface area contributed by atoms with Gasteiger partial charge in [0, 0.05) is 18.7 Å². The van der Waals surface area contributed by atoms with Crippen LogP contribution < -0.4 is 15.8 Å². The summed E-state index contributed by atoms with van der Waals surface area (Å²) in [6.45, 7) is 6.36. The first kappa shape index (κ1) is 14.4. The molecule has 0 aliphatic carbocycles. The van der Waals surface area contributed by atoms with Crippen molar-refractivity contribution in [3.05, 3.63) is 18.3 Å². The summed E-state index contributed by atoms with van der Waals surface area (Å²) in [4.78, 5) is 15.9. The highest BCUT2D eigenvalue weighted by Gasteiger charge is 2.14. The molecule has 1 aromatic heterocycles. The van der Waals surface area contributed by atoms with Gasteiger partial charge < -0.3 is 15.8 Å².